The fourth-order valence-electron chi connectivity index (χ4n) is 1.22. The zero-order chi connectivity index (χ0) is 9.59. The summed E-state index contributed by atoms with van der Waals surface area (Å²) in [5, 5.41) is 8.75. The molecule has 0 aliphatic heterocycles. The molecule has 4 nitrogen and oxygen atoms in total. The van der Waals surface area contributed by atoms with Crippen molar-refractivity contribution in [3.8, 4) is 0 Å². The third-order valence-corrected chi connectivity index (χ3v) is 2.50. The van der Waals surface area contributed by atoms with Crippen molar-refractivity contribution in [2.24, 2.45) is 0 Å². The molecule has 5 heteroatoms. The van der Waals surface area contributed by atoms with Gasteiger partial charge in [-0.2, -0.15) is 0 Å². The Kier molecular flexibility index (Phi) is 1.69. The molecule has 2 aromatic rings. The summed E-state index contributed by atoms with van der Waals surface area (Å²) < 4.78 is 5.75. The number of aromatic carboxylic acids is 1. The molecule has 0 fully saturated rings. The third kappa shape index (κ3) is 1.16. The van der Waals surface area contributed by atoms with Gasteiger partial charge in [0.25, 0.3) is 0 Å². The highest BCUT2D eigenvalue weighted by Crippen LogP contribution is 2.30. The predicted octanol–water partition coefficient (Wildman–Crippen LogP) is 2.53. The van der Waals surface area contributed by atoms with Gasteiger partial charge in [0.15, 0.2) is 5.58 Å². The molecule has 0 amide bonds. The van der Waals surface area contributed by atoms with E-state index >= 15 is 0 Å². The first-order valence-corrected chi connectivity index (χ1v) is 4.40. The van der Waals surface area contributed by atoms with Crippen LogP contribution in [0.1, 0.15) is 16.2 Å². The number of hydrogen-bond donors (Lipinski definition) is 2. The van der Waals surface area contributed by atoms with Crippen LogP contribution in [0.4, 0.5) is 0 Å². The first kappa shape index (κ1) is 8.37. The quantitative estimate of drug-likeness (QED) is 0.809. The monoisotopic (exact) mass is 243 g/mol. The zero-order valence-corrected chi connectivity index (χ0v) is 8.31. The Balaban J connectivity index is 2.76. The highest BCUT2D eigenvalue weighted by Gasteiger charge is 2.17. The number of carboxylic acid groups (broad SMARTS) is 1. The number of carboxylic acids is 1. The second-order valence-electron chi connectivity index (χ2n) is 2.72. The molecule has 0 aromatic carbocycles. The van der Waals surface area contributed by atoms with E-state index in [1.54, 1.807) is 13.0 Å². The van der Waals surface area contributed by atoms with Crippen LogP contribution in [0.3, 0.4) is 0 Å². The summed E-state index contributed by atoms with van der Waals surface area (Å²) in [6.07, 6.45) is 0. The maximum atomic E-state index is 10.7. The zero-order valence-electron chi connectivity index (χ0n) is 6.72. The van der Waals surface area contributed by atoms with Gasteiger partial charge in [-0.1, -0.05) is 0 Å². The summed E-state index contributed by atoms with van der Waals surface area (Å²) >= 11 is 3.16. The molecule has 0 saturated heterocycles. The van der Waals surface area contributed by atoms with Crippen LogP contribution in [0, 0.1) is 6.92 Å². The van der Waals surface area contributed by atoms with Crippen LogP contribution in [0.25, 0.3) is 11.1 Å². The lowest BCUT2D eigenvalue weighted by Gasteiger charge is -1.88. The van der Waals surface area contributed by atoms with Crippen LogP contribution in [0.15, 0.2) is 15.0 Å². The number of H-pyrrole nitrogens is 1. The minimum Gasteiger partial charge on any atom is -0.477 e. The predicted molar refractivity (Wildman–Crippen MR) is 50.0 cm³/mol. The van der Waals surface area contributed by atoms with Crippen molar-refractivity contribution in [3.05, 3.63) is 22.0 Å². The minimum atomic E-state index is -1.00. The molecular formula is C8H6BrNO3. The number of rotatable bonds is 1. The molecule has 2 rings (SSSR count). The van der Waals surface area contributed by atoms with Crippen molar-refractivity contribution in [1.29, 1.82) is 0 Å². The van der Waals surface area contributed by atoms with E-state index in [0.717, 1.165) is 5.76 Å². The molecule has 0 spiro atoms. The molecule has 13 heavy (non-hydrogen) atoms. The second kappa shape index (κ2) is 2.63. The molecule has 0 radical (unpaired) electrons. The van der Waals surface area contributed by atoms with E-state index in [1.165, 1.54) is 0 Å². The van der Waals surface area contributed by atoms with Crippen LogP contribution >= 0.6 is 15.9 Å². The Labute approximate surface area is 81.7 Å². The fraction of sp³-hybridized carbons (Fsp3) is 0.125. The molecular weight excluding hydrogens is 238 g/mol. The van der Waals surface area contributed by atoms with Gasteiger partial charge in [-0.15, -0.1) is 0 Å². The van der Waals surface area contributed by atoms with Crippen LogP contribution in [0.5, 0.6) is 0 Å². The lowest BCUT2D eigenvalue weighted by molar-refractivity contribution is 0.0690. The summed E-state index contributed by atoms with van der Waals surface area (Å²) in [4.78, 5) is 13.4. The van der Waals surface area contributed by atoms with Gasteiger partial charge in [0, 0.05) is 6.07 Å². The Bertz CT molecular complexity index is 483. The summed E-state index contributed by atoms with van der Waals surface area (Å²) in [7, 11) is 0. The van der Waals surface area contributed by atoms with Crippen molar-refractivity contribution in [1.82, 2.24) is 4.98 Å². The molecule has 0 unspecified atom stereocenters. The van der Waals surface area contributed by atoms with Crippen LogP contribution in [0.2, 0.25) is 0 Å². The molecule has 0 aliphatic rings. The molecule has 2 heterocycles. The standard InChI is InChI=1S/C8H6BrNO3/c1-3-2-4-7(13-3)5(9)6(10-4)8(11)12/h2,10H,1H3,(H,11,12). The van der Waals surface area contributed by atoms with Crippen molar-refractivity contribution < 1.29 is 14.3 Å². The second-order valence-corrected chi connectivity index (χ2v) is 3.51. The van der Waals surface area contributed by atoms with Gasteiger partial charge >= 0.3 is 5.97 Å². The van der Waals surface area contributed by atoms with Gasteiger partial charge in [-0.3, -0.25) is 0 Å². The Morgan fingerprint density at radius 2 is 2.38 bits per heavy atom. The number of nitrogens with one attached hydrogen (secondary N) is 1. The highest BCUT2D eigenvalue weighted by atomic mass is 79.9. The average Bonchev–Trinajstić information content (AvgIpc) is 2.51. The van der Waals surface area contributed by atoms with Crippen LogP contribution in [-0.4, -0.2) is 16.1 Å². The number of fused-ring (bicyclic) bond motifs is 1. The van der Waals surface area contributed by atoms with E-state index in [-0.39, 0.29) is 5.69 Å². The first-order chi connectivity index (χ1) is 6.09. The fourth-order valence-corrected chi connectivity index (χ4v) is 1.78. The minimum absolute atomic E-state index is 0.119. The topological polar surface area (TPSA) is 66.2 Å². The van der Waals surface area contributed by atoms with Crippen molar-refractivity contribution in [3.63, 3.8) is 0 Å². The molecule has 0 aliphatic carbocycles. The SMILES string of the molecule is Cc1cc2[nH]c(C(=O)O)c(Br)c2o1. The summed E-state index contributed by atoms with van der Waals surface area (Å²) in [6, 6.07) is 1.76. The Morgan fingerprint density at radius 1 is 1.69 bits per heavy atom. The molecule has 0 bridgehead atoms. The van der Waals surface area contributed by atoms with Crippen LogP contribution < -0.4 is 0 Å². The van der Waals surface area contributed by atoms with E-state index in [9.17, 15) is 4.79 Å². The molecule has 0 atom stereocenters. The van der Waals surface area contributed by atoms with Crippen molar-refractivity contribution >= 4 is 33.0 Å². The Morgan fingerprint density at radius 3 is 2.92 bits per heavy atom. The third-order valence-electron chi connectivity index (χ3n) is 1.75. The number of aryl methyl sites for hydroxylation is 1. The van der Waals surface area contributed by atoms with Gasteiger partial charge in [-0.25, -0.2) is 4.79 Å². The molecule has 0 saturated carbocycles. The molecule has 2 aromatic heterocycles. The maximum absolute atomic E-state index is 10.7. The number of aromatic amines is 1. The Hall–Kier alpha value is -1.23. The van der Waals surface area contributed by atoms with E-state index in [0.29, 0.717) is 15.6 Å². The van der Waals surface area contributed by atoms with Crippen LogP contribution in [-0.2, 0) is 0 Å². The van der Waals surface area contributed by atoms with Crippen molar-refractivity contribution in [2.45, 2.75) is 6.92 Å². The van der Waals surface area contributed by atoms with Gasteiger partial charge in [0.1, 0.15) is 11.5 Å². The number of halogens is 1. The average molecular weight is 244 g/mol. The summed E-state index contributed by atoms with van der Waals surface area (Å²) in [5.41, 5.74) is 1.37. The normalized spacial score (nSPS) is 10.9. The van der Waals surface area contributed by atoms with E-state index in [1.807, 2.05) is 0 Å². The summed E-state index contributed by atoms with van der Waals surface area (Å²) in [6.45, 7) is 1.81. The van der Waals surface area contributed by atoms with Crippen molar-refractivity contribution in [2.75, 3.05) is 0 Å². The van der Waals surface area contributed by atoms with Gasteiger partial charge < -0.3 is 14.5 Å². The van der Waals surface area contributed by atoms with E-state index in [2.05, 4.69) is 20.9 Å². The van der Waals surface area contributed by atoms with E-state index in [4.69, 9.17) is 9.52 Å². The lowest BCUT2D eigenvalue weighted by atomic mass is 10.4. The van der Waals surface area contributed by atoms with Gasteiger partial charge in [0.05, 0.1) is 9.99 Å². The largest absolute Gasteiger partial charge is 0.477 e. The number of hydrogen-bond acceptors (Lipinski definition) is 2. The highest BCUT2D eigenvalue weighted by molar-refractivity contribution is 9.10. The smallest absolute Gasteiger partial charge is 0.353 e. The van der Waals surface area contributed by atoms with Gasteiger partial charge in [-0.05, 0) is 22.9 Å². The number of furan rings is 1. The molecule has 68 valence electrons. The molecule has 2 N–H and O–H groups in total. The number of carbonyl (C=O) groups is 1. The maximum Gasteiger partial charge on any atom is 0.353 e. The lowest BCUT2D eigenvalue weighted by Crippen LogP contribution is -1.96. The number of aromatic nitrogens is 1. The summed E-state index contributed by atoms with van der Waals surface area (Å²) in [5.74, 6) is -0.255. The van der Waals surface area contributed by atoms with E-state index < -0.39 is 5.97 Å². The first-order valence-electron chi connectivity index (χ1n) is 3.60. The van der Waals surface area contributed by atoms with Gasteiger partial charge in [0.2, 0.25) is 0 Å².